The van der Waals surface area contributed by atoms with Crippen molar-refractivity contribution in [1.29, 1.82) is 0 Å². The third-order valence-electron chi connectivity index (χ3n) is 12.4. The number of hydrogen-bond acceptors (Lipinski definition) is 4. The van der Waals surface area contributed by atoms with Crippen LogP contribution in [-0.4, -0.2) is 15.9 Å². The van der Waals surface area contributed by atoms with Crippen LogP contribution in [0.1, 0.15) is 142 Å². The third kappa shape index (κ3) is 9.23. The average molecular weight is 907 g/mol. The predicted molar refractivity (Wildman–Crippen MR) is 225 cm³/mol. The SMILES string of the molecule is CCC(C)(CC)C(=O)/C=C(\O)C(C)(CC)CC.Cc1c(-c2ccc(C3CCCCC3)cc2)sc2c(-c3[c-]c4ccccc4c(C(C)C)c3)nccc12.[Ir]. The molecule has 3 nitrogen and oxygen atoms in total. The van der Waals surface area contributed by atoms with E-state index in [0.29, 0.717) is 5.92 Å². The second-order valence-electron chi connectivity index (χ2n) is 15.8. The van der Waals surface area contributed by atoms with Crippen molar-refractivity contribution in [3.05, 3.63) is 101 Å². The van der Waals surface area contributed by atoms with Gasteiger partial charge < -0.3 is 5.11 Å². The van der Waals surface area contributed by atoms with Crippen LogP contribution in [0.3, 0.4) is 0 Å². The summed E-state index contributed by atoms with van der Waals surface area (Å²) < 4.78 is 1.26. The number of rotatable bonds is 11. The van der Waals surface area contributed by atoms with Crippen molar-refractivity contribution in [1.82, 2.24) is 4.98 Å². The molecule has 0 saturated heterocycles. The number of ketones is 1. The molecular formula is C48H60IrNO2S-. The summed E-state index contributed by atoms with van der Waals surface area (Å²) in [6.45, 7) is 18.9. The first-order valence-electron chi connectivity index (χ1n) is 19.8. The zero-order valence-electron chi connectivity index (χ0n) is 33.5. The van der Waals surface area contributed by atoms with E-state index >= 15 is 0 Å². The monoisotopic (exact) mass is 907 g/mol. The molecule has 6 rings (SSSR count). The first kappa shape index (κ1) is 42.6. The van der Waals surface area contributed by atoms with Crippen LogP contribution in [0.25, 0.3) is 42.6 Å². The van der Waals surface area contributed by atoms with Crippen molar-refractivity contribution in [2.24, 2.45) is 10.8 Å². The van der Waals surface area contributed by atoms with E-state index in [1.807, 2.05) is 59.1 Å². The minimum absolute atomic E-state index is 0. The van der Waals surface area contributed by atoms with Crippen LogP contribution in [0.15, 0.2) is 78.7 Å². The third-order valence-corrected chi connectivity index (χ3v) is 13.8. The van der Waals surface area contributed by atoms with Gasteiger partial charge in [0.1, 0.15) is 5.76 Å². The number of benzene rings is 3. The minimum atomic E-state index is -0.337. The summed E-state index contributed by atoms with van der Waals surface area (Å²) >= 11 is 1.88. The van der Waals surface area contributed by atoms with Crippen molar-refractivity contribution in [3.8, 4) is 21.7 Å². The molecule has 1 N–H and O–H groups in total. The van der Waals surface area contributed by atoms with Crippen LogP contribution < -0.4 is 0 Å². The van der Waals surface area contributed by atoms with E-state index in [1.54, 1.807) is 0 Å². The number of aliphatic hydroxyl groups is 1. The molecule has 5 aromatic rings. The van der Waals surface area contributed by atoms with E-state index in [-0.39, 0.29) is 42.5 Å². The molecule has 0 bridgehead atoms. The van der Waals surface area contributed by atoms with Crippen LogP contribution in [0.4, 0.5) is 0 Å². The topological polar surface area (TPSA) is 50.2 Å². The number of carbonyl (C=O) groups is 1. The molecule has 1 aliphatic rings. The molecule has 0 amide bonds. The summed E-state index contributed by atoms with van der Waals surface area (Å²) in [6.07, 6.45) is 13.6. The molecule has 0 aliphatic heterocycles. The van der Waals surface area contributed by atoms with Gasteiger partial charge in [-0.05, 0) is 85.4 Å². The van der Waals surface area contributed by atoms with E-state index < -0.39 is 0 Å². The fourth-order valence-electron chi connectivity index (χ4n) is 7.50. The van der Waals surface area contributed by atoms with Crippen LogP contribution in [0.5, 0.6) is 0 Å². The Morgan fingerprint density at radius 1 is 0.906 bits per heavy atom. The van der Waals surface area contributed by atoms with E-state index in [0.717, 1.165) is 42.9 Å². The molecule has 0 atom stereocenters. The molecule has 53 heavy (non-hydrogen) atoms. The van der Waals surface area contributed by atoms with Crippen LogP contribution in [0.2, 0.25) is 0 Å². The van der Waals surface area contributed by atoms with E-state index in [2.05, 4.69) is 87.5 Å². The van der Waals surface area contributed by atoms with Crippen molar-refractivity contribution in [2.75, 3.05) is 0 Å². The van der Waals surface area contributed by atoms with Gasteiger partial charge in [0.15, 0.2) is 5.78 Å². The van der Waals surface area contributed by atoms with Crippen molar-refractivity contribution < 1.29 is 30.0 Å². The number of thiophene rings is 1. The molecule has 285 valence electrons. The Hall–Kier alpha value is -3.11. The second-order valence-corrected chi connectivity index (χ2v) is 16.8. The number of hydrogen-bond donors (Lipinski definition) is 1. The maximum absolute atomic E-state index is 12.2. The van der Waals surface area contributed by atoms with Gasteiger partial charge in [0.25, 0.3) is 0 Å². The van der Waals surface area contributed by atoms with Gasteiger partial charge >= 0.3 is 0 Å². The van der Waals surface area contributed by atoms with Crippen LogP contribution >= 0.6 is 11.3 Å². The quantitative estimate of drug-likeness (QED) is 0.0816. The van der Waals surface area contributed by atoms with Crippen LogP contribution in [-0.2, 0) is 24.9 Å². The molecule has 5 heteroatoms. The summed E-state index contributed by atoms with van der Waals surface area (Å²) in [5.74, 6) is 1.47. The number of pyridine rings is 1. The van der Waals surface area contributed by atoms with Gasteiger partial charge in [-0.25, -0.2) is 0 Å². The second kappa shape index (κ2) is 18.5. The first-order chi connectivity index (χ1) is 24.9. The van der Waals surface area contributed by atoms with Crippen molar-refractivity contribution >= 4 is 38.0 Å². The molecule has 1 fully saturated rings. The fraction of sp³-hybridized carbons (Fsp3) is 0.458. The summed E-state index contributed by atoms with van der Waals surface area (Å²) in [4.78, 5) is 18.4. The maximum Gasteiger partial charge on any atom is 0.164 e. The van der Waals surface area contributed by atoms with Crippen molar-refractivity contribution in [3.63, 3.8) is 0 Å². The zero-order chi connectivity index (χ0) is 37.6. The molecule has 1 aliphatic carbocycles. The largest absolute Gasteiger partial charge is 0.512 e. The molecule has 0 unspecified atom stereocenters. The number of aryl methyl sites for hydroxylation is 1. The number of aromatic nitrogens is 1. The first-order valence-corrected chi connectivity index (χ1v) is 20.6. The zero-order valence-corrected chi connectivity index (χ0v) is 36.7. The molecule has 1 radical (unpaired) electrons. The Bertz CT molecular complexity index is 2010. The normalized spacial score (nSPS) is 14.3. The average Bonchev–Trinajstić information content (AvgIpc) is 3.53. The summed E-state index contributed by atoms with van der Waals surface area (Å²) in [5.41, 5.74) is 7.09. The van der Waals surface area contributed by atoms with E-state index in [4.69, 9.17) is 4.98 Å². The summed E-state index contributed by atoms with van der Waals surface area (Å²) in [6, 6.07) is 26.2. The van der Waals surface area contributed by atoms with Gasteiger partial charge in [-0.3, -0.25) is 9.78 Å². The number of allylic oxidation sites excluding steroid dienone is 2. The molecule has 2 heterocycles. The fourth-order valence-corrected chi connectivity index (χ4v) is 8.82. The summed E-state index contributed by atoms with van der Waals surface area (Å²) in [5, 5.41) is 13.9. The Morgan fingerprint density at radius 2 is 1.53 bits per heavy atom. The Labute approximate surface area is 337 Å². The predicted octanol–water partition coefficient (Wildman–Crippen LogP) is 14.7. The molecular weight excluding hydrogens is 847 g/mol. The van der Waals surface area contributed by atoms with E-state index in [9.17, 15) is 9.90 Å². The number of carbonyl (C=O) groups excluding carboxylic acids is 1. The number of nitrogens with zero attached hydrogens (tertiary/aromatic N) is 1. The van der Waals surface area contributed by atoms with Crippen LogP contribution in [0, 0.1) is 23.8 Å². The molecule has 2 aromatic heterocycles. The molecule has 1 saturated carbocycles. The molecule has 0 spiro atoms. The van der Waals surface area contributed by atoms with Gasteiger partial charge in [0, 0.05) is 58.5 Å². The summed E-state index contributed by atoms with van der Waals surface area (Å²) in [7, 11) is 0. The van der Waals surface area contributed by atoms with Gasteiger partial charge in [0.05, 0.1) is 0 Å². The Balaban J connectivity index is 0.000000299. The maximum atomic E-state index is 12.2. The van der Waals surface area contributed by atoms with Gasteiger partial charge in [-0.2, -0.15) is 0 Å². The van der Waals surface area contributed by atoms with Gasteiger partial charge in [-0.1, -0.05) is 128 Å². The molecule has 3 aromatic carbocycles. The van der Waals surface area contributed by atoms with Gasteiger partial charge in [-0.15, -0.1) is 40.5 Å². The number of fused-ring (bicyclic) bond motifs is 2. The minimum Gasteiger partial charge on any atom is -0.512 e. The smallest absolute Gasteiger partial charge is 0.164 e. The Kier molecular flexibility index (Phi) is 14.9. The van der Waals surface area contributed by atoms with Gasteiger partial charge in [0.2, 0.25) is 0 Å². The Morgan fingerprint density at radius 3 is 2.13 bits per heavy atom. The van der Waals surface area contributed by atoms with E-state index in [1.165, 1.54) is 86.2 Å². The number of aliphatic hydroxyl groups excluding tert-OH is 1. The van der Waals surface area contributed by atoms with Crippen molar-refractivity contribution in [2.45, 2.75) is 132 Å². The standard InChI is InChI=1S/C33H32NS.C15H28O2.Ir/c1-21(2)30-20-27(19-26-11-7-8-12-29(26)30)31-33-28(17-18-34-31)22(3)32(35-33)25-15-13-24(14-16-25)23-9-5-4-6-10-23;1-7-14(5,8-2)12(16)11-13(17)15(6,9-3)10-4;/h7-8,11-18,20-21,23H,4-6,9-10H2,1-3H3;11,16H,7-10H2,1-6H3;/q-1;;/b;12-11-;.